The zero-order chi connectivity index (χ0) is 32.4. The molecule has 0 unspecified atom stereocenters. The number of aryl methyl sites for hydroxylation is 1. The van der Waals surface area contributed by atoms with Gasteiger partial charge >= 0.3 is 12.5 Å². The van der Waals surface area contributed by atoms with Crippen LogP contribution >= 0.6 is 24.0 Å². The van der Waals surface area contributed by atoms with Crippen molar-refractivity contribution in [1.82, 2.24) is 20.2 Å². The molecule has 0 aliphatic carbocycles. The summed E-state index contributed by atoms with van der Waals surface area (Å²) < 4.78 is 83.3. The van der Waals surface area contributed by atoms with Gasteiger partial charge in [0.25, 0.3) is 0 Å². The third-order valence-corrected chi connectivity index (χ3v) is 7.20. The number of amidine groups is 1. The number of carbonyl (C=O) groups excluding carboxylic acids is 1. The molecule has 4 aromatic rings. The van der Waals surface area contributed by atoms with Gasteiger partial charge in [0.05, 0.1) is 29.3 Å². The fourth-order valence-electron chi connectivity index (χ4n) is 4.11. The van der Waals surface area contributed by atoms with Crippen LogP contribution in [0.4, 0.5) is 32.0 Å². The van der Waals surface area contributed by atoms with E-state index in [9.17, 15) is 31.1 Å². The molecule has 0 spiro atoms. The first-order valence-corrected chi connectivity index (χ1v) is 14.2. The number of hydrogen-bond acceptors (Lipinski definition) is 7. The van der Waals surface area contributed by atoms with Gasteiger partial charge in [0.1, 0.15) is 12.1 Å². The summed E-state index contributed by atoms with van der Waals surface area (Å²) in [4.78, 5) is 27.2. The molecule has 2 heterocycles. The van der Waals surface area contributed by atoms with Gasteiger partial charge in [-0.15, -0.1) is 18.3 Å². The normalized spacial score (nSPS) is 14.7. The van der Waals surface area contributed by atoms with Crippen molar-refractivity contribution in [1.29, 1.82) is 0 Å². The summed E-state index contributed by atoms with van der Waals surface area (Å²) in [5.41, 5.74) is 3.54. The minimum Gasteiger partial charge on any atom is -0.406 e. The molecule has 1 saturated heterocycles. The number of thiocarbonyl (C=S) groups is 1. The topological polar surface area (TPSA) is 93.9 Å². The molecule has 0 bridgehead atoms. The quantitative estimate of drug-likeness (QED) is 0.134. The molecule has 0 atom stereocenters. The van der Waals surface area contributed by atoms with Gasteiger partial charge in [-0.2, -0.15) is 18.2 Å². The molecular weight excluding hydrogens is 646 g/mol. The van der Waals surface area contributed by atoms with Crippen LogP contribution in [0.3, 0.4) is 0 Å². The average Bonchev–Trinajstić information content (AvgIpc) is 3.59. The van der Waals surface area contributed by atoms with Gasteiger partial charge in [-0.1, -0.05) is 42.1 Å². The number of hydroxylamine groups is 1. The van der Waals surface area contributed by atoms with Crippen LogP contribution in [0.5, 0.6) is 5.75 Å². The van der Waals surface area contributed by atoms with Crippen molar-refractivity contribution in [2.75, 3.05) is 10.7 Å². The molecule has 0 saturated carbocycles. The zero-order valence-electron chi connectivity index (χ0n) is 22.9. The van der Waals surface area contributed by atoms with Crippen molar-refractivity contribution in [2.45, 2.75) is 26.1 Å². The largest absolute Gasteiger partial charge is 0.573 e. The van der Waals surface area contributed by atoms with Crippen LogP contribution < -0.4 is 15.1 Å². The van der Waals surface area contributed by atoms with E-state index in [0.29, 0.717) is 28.2 Å². The molecule has 1 aliphatic rings. The van der Waals surface area contributed by atoms with Crippen LogP contribution in [0.2, 0.25) is 0 Å². The SMILES string of the molecule is Cc1ccc(C(F)(F)F)c(N2C(=O)CSC2=NC(=S)NOCc2ccc(-c3ncn(-c4ccc(OC(F)(F)F)cc4)n3)cc2)c1. The number of nitrogens with zero attached hydrogens (tertiary/aromatic N) is 5. The number of thioether (sulfide) groups is 1. The Kier molecular flexibility index (Phi) is 9.13. The van der Waals surface area contributed by atoms with Crippen LogP contribution in [0.25, 0.3) is 17.1 Å². The maximum atomic E-state index is 13.6. The van der Waals surface area contributed by atoms with Crippen LogP contribution in [0, 0.1) is 6.92 Å². The summed E-state index contributed by atoms with van der Waals surface area (Å²) in [6.07, 6.45) is -8.05. The number of halogens is 6. The fraction of sp³-hybridized carbons (Fsp3) is 0.179. The van der Waals surface area contributed by atoms with Gasteiger partial charge in [0.15, 0.2) is 11.0 Å². The van der Waals surface area contributed by atoms with Crippen molar-refractivity contribution in [3.8, 4) is 22.8 Å². The first-order valence-electron chi connectivity index (χ1n) is 12.8. The lowest BCUT2D eigenvalue weighted by atomic mass is 10.1. The first kappa shape index (κ1) is 31.9. The van der Waals surface area contributed by atoms with Crippen LogP contribution in [0.1, 0.15) is 16.7 Å². The van der Waals surface area contributed by atoms with E-state index < -0.39 is 24.0 Å². The molecule has 0 radical (unpaired) electrons. The number of amides is 1. The van der Waals surface area contributed by atoms with E-state index in [1.807, 2.05) is 0 Å². The molecule has 1 aliphatic heterocycles. The van der Waals surface area contributed by atoms with Crippen LogP contribution in [-0.2, 0) is 22.4 Å². The molecule has 1 fully saturated rings. The number of nitrogens with one attached hydrogen (secondary N) is 1. The van der Waals surface area contributed by atoms with Crippen molar-refractivity contribution in [2.24, 2.45) is 4.99 Å². The first-order chi connectivity index (χ1) is 21.3. The Labute approximate surface area is 260 Å². The Morgan fingerprint density at radius 1 is 1.04 bits per heavy atom. The minimum atomic E-state index is -4.79. The molecule has 234 valence electrons. The van der Waals surface area contributed by atoms with Crippen molar-refractivity contribution in [3.05, 3.63) is 89.7 Å². The van der Waals surface area contributed by atoms with Crippen LogP contribution in [0.15, 0.2) is 78.0 Å². The maximum Gasteiger partial charge on any atom is 0.573 e. The summed E-state index contributed by atoms with van der Waals surface area (Å²) in [5, 5.41) is 4.14. The third kappa shape index (κ3) is 7.98. The Balaban J connectivity index is 1.18. The van der Waals surface area contributed by atoms with Gasteiger partial charge in [0.2, 0.25) is 11.0 Å². The second kappa shape index (κ2) is 12.9. The number of ether oxygens (including phenoxy) is 1. The monoisotopic (exact) mass is 666 g/mol. The molecule has 1 amide bonds. The van der Waals surface area contributed by atoms with Crippen molar-refractivity contribution < 1.29 is 40.7 Å². The van der Waals surface area contributed by atoms with E-state index >= 15 is 0 Å². The lowest BCUT2D eigenvalue weighted by molar-refractivity contribution is -0.274. The second-order valence-corrected chi connectivity index (χ2v) is 10.7. The van der Waals surface area contributed by atoms with E-state index in [0.717, 1.165) is 22.7 Å². The summed E-state index contributed by atoms with van der Waals surface area (Å²) in [7, 11) is 0. The Hall–Kier alpha value is -4.48. The molecule has 1 aromatic heterocycles. The molecule has 5 rings (SSSR count). The number of alkyl halides is 6. The fourth-order valence-corrected chi connectivity index (χ4v) is 5.18. The maximum absolute atomic E-state index is 13.6. The number of hydrogen-bond donors (Lipinski definition) is 1. The van der Waals surface area contributed by atoms with E-state index in [-0.39, 0.29) is 34.1 Å². The smallest absolute Gasteiger partial charge is 0.406 e. The number of anilines is 1. The number of rotatable bonds is 7. The van der Waals surface area contributed by atoms with Gasteiger partial charge in [-0.05, 0) is 66.7 Å². The molecular formula is C28H20F6N6O3S2. The lowest BCUT2D eigenvalue weighted by Crippen LogP contribution is -2.33. The Bertz CT molecular complexity index is 1740. The molecule has 1 N–H and O–H groups in total. The summed E-state index contributed by atoms with van der Waals surface area (Å²) in [5.74, 6) is -0.658. The molecule has 9 nitrogen and oxygen atoms in total. The number of benzene rings is 3. The Morgan fingerprint density at radius 3 is 2.42 bits per heavy atom. The number of aliphatic imine (C=N–C) groups is 1. The van der Waals surface area contributed by atoms with Gasteiger partial charge in [-0.25, -0.2) is 15.1 Å². The minimum absolute atomic E-state index is 0.0147. The van der Waals surface area contributed by atoms with E-state index in [1.165, 1.54) is 47.4 Å². The van der Waals surface area contributed by atoms with Crippen molar-refractivity contribution in [3.63, 3.8) is 0 Å². The highest BCUT2D eigenvalue weighted by Crippen LogP contribution is 2.39. The van der Waals surface area contributed by atoms with E-state index in [4.69, 9.17) is 17.1 Å². The lowest BCUT2D eigenvalue weighted by Gasteiger charge is -2.21. The summed E-state index contributed by atoms with van der Waals surface area (Å²) in [6.45, 7) is 1.65. The zero-order valence-corrected chi connectivity index (χ0v) is 24.5. The summed E-state index contributed by atoms with van der Waals surface area (Å²) in [6, 6.07) is 15.6. The number of carbonyl (C=O) groups is 1. The second-order valence-electron chi connectivity index (χ2n) is 9.38. The predicted octanol–water partition coefficient (Wildman–Crippen LogP) is 6.60. The average molecular weight is 667 g/mol. The molecule has 3 aromatic carbocycles. The highest BCUT2D eigenvalue weighted by molar-refractivity contribution is 8.15. The highest BCUT2D eigenvalue weighted by Gasteiger charge is 2.39. The summed E-state index contributed by atoms with van der Waals surface area (Å²) >= 11 is 6.12. The predicted molar refractivity (Wildman–Crippen MR) is 158 cm³/mol. The standard InChI is InChI=1S/C28H20F6N6O3S2/c1-16-2-11-21(27(29,30)31)22(12-16)40-23(41)14-45-26(40)36-25(44)38-42-13-17-3-5-18(6-4-17)24-35-15-39(37-24)19-7-9-20(10-8-19)43-28(32,33)34/h2-12,15H,13-14H2,1H3,(H,38,44). The van der Waals surface area contributed by atoms with Gasteiger partial charge < -0.3 is 4.74 Å². The number of aromatic nitrogens is 3. The van der Waals surface area contributed by atoms with E-state index in [1.54, 1.807) is 31.2 Å². The molecule has 45 heavy (non-hydrogen) atoms. The molecule has 17 heteroatoms. The van der Waals surface area contributed by atoms with Crippen LogP contribution in [-0.4, -0.2) is 43.1 Å². The third-order valence-electron chi connectivity index (χ3n) is 6.10. The van der Waals surface area contributed by atoms with Gasteiger partial charge in [0, 0.05) is 5.56 Å². The van der Waals surface area contributed by atoms with Crippen molar-refractivity contribution >= 4 is 45.9 Å². The Morgan fingerprint density at radius 2 is 1.76 bits per heavy atom. The van der Waals surface area contributed by atoms with Gasteiger partial charge in [-0.3, -0.25) is 14.5 Å². The van der Waals surface area contributed by atoms with E-state index in [2.05, 4.69) is 25.3 Å². The highest BCUT2D eigenvalue weighted by atomic mass is 32.2.